The molecule has 3 rings (SSSR count). The molecule has 1 aliphatic heterocycles. The third-order valence-corrected chi connectivity index (χ3v) is 4.39. The smallest absolute Gasteiger partial charge is 0.118 e. The van der Waals surface area contributed by atoms with Crippen LogP contribution >= 0.6 is 0 Å². The Kier molecular flexibility index (Phi) is 3.68. The van der Waals surface area contributed by atoms with Crippen LogP contribution in [-0.4, -0.2) is 30.2 Å². The molecule has 3 nitrogen and oxygen atoms in total. The molecule has 1 aromatic rings. The van der Waals surface area contributed by atoms with E-state index in [1.54, 1.807) is 0 Å². The van der Waals surface area contributed by atoms with Crippen LogP contribution in [0.2, 0.25) is 0 Å². The summed E-state index contributed by atoms with van der Waals surface area (Å²) in [5.74, 6) is 3.46. The van der Waals surface area contributed by atoms with Gasteiger partial charge in [0.25, 0.3) is 0 Å². The van der Waals surface area contributed by atoms with Crippen LogP contribution in [0, 0.1) is 18.8 Å². The summed E-state index contributed by atoms with van der Waals surface area (Å²) < 4.78 is 11.9. The number of ether oxygens (including phenoxy) is 1. The van der Waals surface area contributed by atoms with Crippen LogP contribution in [0.4, 0.5) is 0 Å². The minimum Gasteiger partial charge on any atom is -0.465 e. The molecule has 106 valence electrons. The van der Waals surface area contributed by atoms with E-state index >= 15 is 0 Å². The van der Waals surface area contributed by atoms with Gasteiger partial charge >= 0.3 is 0 Å². The summed E-state index contributed by atoms with van der Waals surface area (Å²) in [5, 5.41) is 0. The molecule has 2 aliphatic rings. The SMILES string of the molecule is Cc1ccc(CN2CC3CCC2C3OCC(C)C)o1. The van der Waals surface area contributed by atoms with Gasteiger partial charge in [0, 0.05) is 19.2 Å². The van der Waals surface area contributed by atoms with Gasteiger partial charge in [0.15, 0.2) is 0 Å². The number of rotatable bonds is 5. The number of piperidine rings is 1. The lowest BCUT2D eigenvalue weighted by Gasteiger charge is -2.26. The number of furan rings is 1. The second kappa shape index (κ2) is 5.29. The molecule has 0 aromatic carbocycles. The molecular formula is C16H25NO2. The first kappa shape index (κ1) is 13.2. The van der Waals surface area contributed by atoms with E-state index in [2.05, 4.69) is 30.9 Å². The maximum atomic E-state index is 6.15. The molecule has 1 aliphatic carbocycles. The minimum atomic E-state index is 0.457. The zero-order chi connectivity index (χ0) is 13.4. The lowest BCUT2D eigenvalue weighted by molar-refractivity contribution is 0.0118. The largest absolute Gasteiger partial charge is 0.465 e. The lowest BCUT2D eigenvalue weighted by Crippen LogP contribution is -2.35. The molecule has 2 heterocycles. The van der Waals surface area contributed by atoms with E-state index in [1.807, 2.05) is 6.92 Å². The second-order valence-electron chi connectivity index (χ2n) is 6.54. The van der Waals surface area contributed by atoms with Crippen LogP contribution in [0.3, 0.4) is 0 Å². The molecule has 19 heavy (non-hydrogen) atoms. The van der Waals surface area contributed by atoms with Gasteiger partial charge in [-0.2, -0.15) is 0 Å². The van der Waals surface area contributed by atoms with E-state index < -0.39 is 0 Å². The second-order valence-corrected chi connectivity index (χ2v) is 6.54. The Morgan fingerprint density at radius 3 is 2.89 bits per heavy atom. The highest BCUT2D eigenvalue weighted by atomic mass is 16.5. The standard InChI is InChI=1S/C16H25NO2/c1-11(2)10-18-16-13-5-7-15(16)17(8-13)9-14-6-4-12(3)19-14/h4,6,11,13,15-16H,5,7-10H2,1-3H3. The maximum absolute atomic E-state index is 6.15. The normalized spacial score (nSPS) is 30.6. The van der Waals surface area contributed by atoms with Crippen molar-refractivity contribution >= 4 is 0 Å². The average molecular weight is 263 g/mol. The molecule has 0 spiro atoms. The number of hydrogen-bond donors (Lipinski definition) is 0. The highest BCUT2D eigenvalue weighted by Gasteiger charge is 2.47. The Balaban J connectivity index is 1.60. The predicted molar refractivity (Wildman–Crippen MR) is 74.9 cm³/mol. The molecule has 0 radical (unpaired) electrons. The fraction of sp³-hybridized carbons (Fsp3) is 0.750. The van der Waals surface area contributed by atoms with Crippen molar-refractivity contribution in [2.75, 3.05) is 13.2 Å². The summed E-state index contributed by atoms with van der Waals surface area (Å²) in [6, 6.07) is 4.76. The van der Waals surface area contributed by atoms with Crippen LogP contribution < -0.4 is 0 Å². The Morgan fingerprint density at radius 2 is 2.21 bits per heavy atom. The number of fused-ring (bicyclic) bond motifs is 2. The quantitative estimate of drug-likeness (QED) is 0.815. The summed E-state index contributed by atoms with van der Waals surface area (Å²) in [6.07, 6.45) is 3.08. The fourth-order valence-electron chi connectivity index (χ4n) is 3.55. The van der Waals surface area contributed by atoms with E-state index in [-0.39, 0.29) is 0 Å². The number of nitrogens with zero attached hydrogens (tertiary/aromatic N) is 1. The van der Waals surface area contributed by atoms with Gasteiger partial charge < -0.3 is 9.15 Å². The fourth-order valence-corrected chi connectivity index (χ4v) is 3.55. The van der Waals surface area contributed by atoms with Crippen LogP contribution in [0.15, 0.2) is 16.5 Å². The van der Waals surface area contributed by atoms with Crippen LogP contribution in [0.5, 0.6) is 0 Å². The number of likely N-dealkylation sites (tertiary alicyclic amines) is 1. The highest BCUT2D eigenvalue weighted by Crippen LogP contribution is 2.40. The molecule has 1 aromatic heterocycles. The van der Waals surface area contributed by atoms with Crippen molar-refractivity contribution in [2.45, 2.75) is 52.3 Å². The zero-order valence-corrected chi connectivity index (χ0v) is 12.3. The van der Waals surface area contributed by atoms with E-state index in [1.165, 1.54) is 19.4 Å². The molecule has 0 amide bonds. The number of aryl methyl sites for hydroxylation is 1. The third-order valence-electron chi connectivity index (χ3n) is 4.39. The van der Waals surface area contributed by atoms with E-state index in [9.17, 15) is 0 Å². The van der Waals surface area contributed by atoms with Crippen molar-refractivity contribution in [2.24, 2.45) is 11.8 Å². The van der Waals surface area contributed by atoms with Crippen LogP contribution in [-0.2, 0) is 11.3 Å². The van der Waals surface area contributed by atoms with E-state index in [0.29, 0.717) is 18.1 Å². The maximum Gasteiger partial charge on any atom is 0.118 e. The summed E-state index contributed by atoms with van der Waals surface area (Å²) in [5.41, 5.74) is 0. The molecule has 2 fully saturated rings. The van der Waals surface area contributed by atoms with Crippen molar-refractivity contribution < 1.29 is 9.15 Å². The molecule has 2 bridgehead atoms. The van der Waals surface area contributed by atoms with Gasteiger partial charge in [0.05, 0.1) is 12.6 Å². The van der Waals surface area contributed by atoms with Gasteiger partial charge in [-0.1, -0.05) is 13.8 Å². The summed E-state index contributed by atoms with van der Waals surface area (Å²) in [7, 11) is 0. The van der Waals surface area contributed by atoms with Gasteiger partial charge in [-0.3, -0.25) is 4.90 Å². The van der Waals surface area contributed by atoms with E-state index in [4.69, 9.17) is 9.15 Å². The Morgan fingerprint density at radius 1 is 1.37 bits per heavy atom. The average Bonchev–Trinajstić information content (AvgIpc) is 3.01. The first-order valence-electron chi connectivity index (χ1n) is 7.54. The Hall–Kier alpha value is -0.800. The van der Waals surface area contributed by atoms with Crippen molar-refractivity contribution in [3.8, 4) is 0 Å². The predicted octanol–water partition coefficient (Wildman–Crippen LogP) is 3.22. The Labute approximate surface area is 115 Å². The molecular weight excluding hydrogens is 238 g/mol. The van der Waals surface area contributed by atoms with Gasteiger partial charge in [-0.15, -0.1) is 0 Å². The molecule has 3 unspecified atom stereocenters. The summed E-state index contributed by atoms with van der Waals surface area (Å²) in [6.45, 7) is 9.46. The lowest BCUT2D eigenvalue weighted by atomic mass is 10.1. The Bertz CT molecular complexity index is 426. The molecule has 3 heteroatoms. The van der Waals surface area contributed by atoms with Crippen molar-refractivity contribution in [3.05, 3.63) is 23.7 Å². The van der Waals surface area contributed by atoms with Gasteiger partial charge in [-0.25, -0.2) is 0 Å². The van der Waals surface area contributed by atoms with Gasteiger partial charge in [0.2, 0.25) is 0 Å². The third kappa shape index (κ3) is 2.72. The topological polar surface area (TPSA) is 25.6 Å². The van der Waals surface area contributed by atoms with E-state index in [0.717, 1.165) is 30.6 Å². The van der Waals surface area contributed by atoms with Crippen molar-refractivity contribution in [1.29, 1.82) is 0 Å². The van der Waals surface area contributed by atoms with Gasteiger partial charge in [0.1, 0.15) is 11.5 Å². The first-order chi connectivity index (χ1) is 9.13. The summed E-state index contributed by atoms with van der Waals surface area (Å²) in [4.78, 5) is 2.55. The molecule has 3 atom stereocenters. The van der Waals surface area contributed by atoms with Crippen molar-refractivity contribution in [3.63, 3.8) is 0 Å². The van der Waals surface area contributed by atoms with Crippen LogP contribution in [0.1, 0.15) is 38.2 Å². The summed E-state index contributed by atoms with van der Waals surface area (Å²) >= 11 is 0. The number of hydrogen-bond acceptors (Lipinski definition) is 3. The van der Waals surface area contributed by atoms with Crippen molar-refractivity contribution in [1.82, 2.24) is 4.90 Å². The zero-order valence-electron chi connectivity index (χ0n) is 12.3. The molecule has 1 saturated heterocycles. The molecule has 1 saturated carbocycles. The van der Waals surface area contributed by atoms with Gasteiger partial charge in [-0.05, 0) is 43.7 Å². The molecule has 0 N–H and O–H groups in total. The highest BCUT2D eigenvalue weighted by molar-refractivity contribution is 5.08. The monoisotopic (exact) mass is 263 g/mol. The first-order valence-corrected chi connectivity index (χ1v) is 7.54. The minimum absolute atomic E-state index is 0.457. The van der Waals surface area contributed by atoms with Crippen LogP contribution in [0.25, 0.3) is 0 Å².